The highest BCUT2D eigenvalue weighted by Crippen LogP contribution is 2.38. The molecule has 662 valence electrons. The number of aliphatic hydroxyl groups excluding tert-OH is 1. The highest BCUT2D eigenvalue weighted by Gasteiger charge is 2.27. The highest BCUT2D eigenvalue weighted by molar-refractivity contribution is 5.97. The van der Waals surface area contributed by atoms with Crippen molar-refractivity contribution < 1.29 is 52.7 Å². The average Bonchev–Trinajstić information content (AvgIpc) is 1.62. The number of aryl methyl sites for hydroxylation is 8. The number of aliphatic hydroxyl groups is 1. The van der Waals surface area contributed by atoms with Crippen molar-refractivity contribution in [2.75, 3.05) is 112 Å². The fourth-order valence-corrected chi connectivity index (χ4v) is 14.3. The summed E-state index contributed by atoms with van der Waals surface area (Å²) >= 11 is 0. The van der Waals surface area contributed by atoms with Crippen LogP contribution in [0, 0.1) is 27.7 Å². The average molecular weight is 1750 g/mol. The molecule has 3 aliphatic heterocycles. The quantitative estimate of drug-likeness (QED) is 0.0601. The van der Waals surface area contributed by atoms with Gasteiger partial charge in [0.25, 0.3) is 23.6 Å². The summed E-state index contributed by atoms with van der Waals surface area (Å²) in [6.07, 6.45) is 20.3. The molecule has 3 fully saturated rings. The van der Waals surface area contributed by atoms with Crippen LogP contribution in [0.1, 0.15) is 63.7 Å². The molecule has 0 spiro atoms. The molecule has 3 N–H and O–H groups in total. The summed E-state index contributed by atoms with van der Waals surface area (Å²) in [6, 6.07) is 36.4. The van der Waals surface area contributed by atoms with E-state index in [1.807, 2.05) is 133 Å². The number of carbonyl (C=O) groups excluding carboxylic acids is 4. The van der Waals surface area contributed by atoms with Crippen LogP contribution >= 0.6 is 0 Å². The van der Waals surface area contributed by atoms with Gasteiger partial charge in [-0.05, 0) is 154 Å². The number of amides is 4. The second-order valence-electron chi connectivity index (χ2n) is 30.9. The van der Waals surface area contributed by atoms with Gasteiger partial charge in [0, 0.05) is 194 Å². The molecule has 0 radical (unpaired) electrons. The van der Waals surface area contributed by atoms with Crippen LogP contribution in [0.4, 0.5) is 0 Å². The third-order valence-corrected chi connectivity index (χ3v) is 21.8. The van der Waals surface area contributed by atoms with E-state index in [1.165, 1.54) is 0 Å². The zero-order valence-corrected chi connectivity index (χ0v) is 73.1. The van der Waals surface area contributed by atoms with Gasteiger partial charge in [-0.15, -0.1) is 0 Å². The number of hydrogen-bond donors (Lipinski definition) is 3. The molecule has 3 saturated heterocycles. The van der Waals surface area contributed by atoms with Gasteiger partial charge in [-0.1, -0.05) is 24.3 Å². The third kappa shape index (κ3) is 20.6. The molecule has 0 atom stereocenters. The summed E-state index contributed by atoms with van der Waals surface area (Å²) in [4.78, 5) is 113. The Morgan fingerprint density at radius 2 is 0.662 bits per heavy atom. The van der Waals surface area contributed by atoms with E-state index in [1.54, 1.807) is 148 Å². The van der Waals surface area contributed by atoms with Crippen LogP contribution in [-0.2, 0) is 37.7 Å². The summed E-state index contributed by atoms with van der Waals surface area (Å²) in [5.74, 6) is 5.12. The number of ether oxygens (including phenoxy) is 6. The first kappa shape index (κ1) is 88.0. The predicted molar refractivity (Wildman–Crippen MR) is 482 cm³/mol. The minimum absolute atomic E-state index is 0.0122. The fourth-order valence-electron chi connectivity index (χ4n) is 14.3. The molecule has 37 heteroatoms. The predicted octanol–water partition coefficient (Wildman–Crippen LogP) is 10.7. The molecule has 37 nitrogen and oxygen atoms in total. The number of likely N-dealkylation sites (N-methyl/N-ethyl adjacent to an activating group) is 1. The lowest BCUT2D eigenvalue weighted by atomic mass is 10.1. The Kier molecular flexibility index (Phi) is 27.4. The number of piperazine rings is 1. The van der Waals surface area contributed by atoms with Gasteiger partial charge >= 0.3 is 0 Å². The van der Waals surface area contributed by atoms with Crippen LogP contribution in [0.3, 0.4) is 0 Å². The lowest BCUT2D eigenvalue weighted by Crippen LogP contribution is -2.47. The van der Waals surface area contributed by atoms with Gasteiger partial charge in [0.05, 0.1) is 57.8 Å². The Labute approximate surface area is 746 Å². The second kappa shape index (κ2) is 40.5. The summed E-state index contributed by atoms with van der Waals surface area (Å²) < 4.78 is 42.4. The van der Waals surface area contributed by atoms with Crippen molar-refractivity contribution in [1.29, 1.82) is 0 Å². The Balaban J connectivity index is 0.000000127. The number of nitrogens with zero attached hydrogens (tertiary/aromatic N) is 24. The molecule has 4 aromatic carbocycles. The highest BCUT2D eigenvalue weighted by atomic mass is 16.5. The number of nitrogens with one attached hydrogen (secondary N) is 2. The molecule has 4 amide bonds. The molecule has 130 heavy (non-hydrogen) atoms. The number of carbonyl (C=O) groups is 4. The maximum atomic E-state index is 13.1. The Hall–Kier alpha value is -15.4. The van der Waals surface area contributed by atoms with Gasteiger partial charge in [-0.3, -0.25) is 62.7 Å². The molecule has 0 saturated carbocycles. The van der Waals surface area contributed by atoms with Crippen molar-refractivity contribution in [2.24, 2.45) is 28.2 Å². The molecule has 15 heterocycles. The van der Waals surface area contributed by atoms with E-state index in [2.05, 4.69) is 108 Å². The van der Waals surface area contributed by atoms with Crippen molar-refractivity contribution >= 4 is 67.8 Å². The van der Waals surface area contributed by atoms with Crippen molar-refractivity contribution in [3.63, 3.8) is 0 Å². The molecule has 12 aromatic heterocycles. The number of hydrogen-bond acceptors (Lipinski definition) is 29. The summed E-state index contributed by atoms with van der Waals surface area (Å²) in [6.45, 7) is 17.8. The summed E-state index contributed by atoms with van der Waals surface area (Å²) in [5.41, 5.74) is 11.3. The van der Waals surface area contributed by atoms with E-state index in [0.717, 1.165) is 104 Å². The lowest BCUT2D eigenvalue weighted by molar-refractivity contribution is 0.0302. The summed E-state index contributed by atoms with van der Waals surface area (Å²) in [5, 5.41) is 34.5. The van der Waals surface area contributed by atoms with E-state index in [0.29, 0.717) is 169 Å². The van der Waals surface area contributed by atoms with Crippen molar-refractivity contribution in [1.82, 2.24) is 129 Å². The molecular weight excluding hydrogens is 1660 g/mol. The van der Waals surface area contributed by atoms with Crippen LogP contribution < -0.4 is 29.6 Å². The number of pyridine rings is 4. The monoisotopic (exact) mass is 1750 g/mol. The topological polar surface area (TPSA) is 407 Å². The zero-order valence-electron chi connectivity index (χ0n) is 73.1. The summed E-state index contributed by atoms with van der Waals surface area (Å²) in [7, 11) is 9.33. The first-order valence-corrected chi connectivity index (χ1v) is 42.1. The maximum Gasteiger partial charge on any atom is 0.254 e. The number of morpholine rings is 2. The van der Waals surface area contributed by atoms with Gasteiger partial charge < -0.3 is 58.9 Å². The van der Waals surface area contributed by atoms with Crippen molar-refractivity contribution in [3.8, 4) is 92.1 Å². The van der Waals surface area contributed by atoms with Gasteiger partial charge in [0.1, 0.15) is 44.5 Å². The number of benzene rings is 4. The van der Waals surface area contributed by atoms with Gasteiger partial charge in [-0.2, -0.15) is 40.3 Å². The van der Waals surface area contributed by atoms with Crippen LogP contribution in [0.5, 0.6) is 46.5 Å². The van der Waals surface area contributed by atoms with Gasteiger partial charge in [0.2, 0.25) is 23.5 Å². The Bertz CT molecular complexity index is 6740. The van der Waals surface area contributed by atoms with Crippen LogP contribution in [0.15, 0.2) is 196 Å². The van der Waals surface area contributed by atoms with E-state index in [4.69, 9.17) is 33.5 Å². The minimum atomic E-state index is -0.292. The number of aromatic nitrogens is 20. The molecule has 0 unspecified atom stereocenters. The minimum Gasteiger partial charge on any atom is -0.438 e. The van der Waals surface area contributed by atoms with Crippen molar-refractivity contribution in [2.45, 2.75) is 27.7 Å². The SMILES string of the molecule is Cc1ccc(C(=O)N2CCN(C)CC2)cc1Oc1nc(-c2cccnc2)nc2c1cnn2C.Cc1ccc(C(=O)N2CCOCC2)cc1Oc1nc(-c2cccnc2)nc2c1cnn2C.Cc1ccc(C(=O)NCCN2CCOCC2)cc1Oc1nc(-c2cccnc2)nc2c1cnn2C.Cc1ccc(C(=O)NCCO)cc1Oc1nc(-c2cccnc2)nc2c1cnn2C. The number of fused-ring (bicyclic) bond motifs is 4. The Morgan fingerprint density at radius 3 is 0.977 bits per heavy atom. The molecular formula is C93H94N26O11. The normalized spacial score (nSPS) is 13.5. The second-order valence-corrected chi connectivity index (χ2v) is 30.9. The third-order valence-electron chi connectivity index (χ3n) is 21.8. The van der Waals surface area contributed by atoms with Crippen molar-refractivity contribution in [3.05, 3.63) is 240 Å². The van der Waals surface area contributed by atoms with E-state index in [9.17, 15) is 19.2 Å². The molecule has 16 aromatic rings. The smallest absolute Gasteiger partial charge is 0.254 e. The van der Waals surface area contributed by atoms with E-state index >= 15 is 0 Å². The maximum absolute atomic E-state index is 13.1. The Morgan fingerprint density at radius 1 is 0.362 bits per heavy atom. The zero-order chi connectivity index (χ0) is 90.3. The standard InChI is InChI=1S/C25H27N7O3.C24H25N7O2.C23H22N6O3.C21H20N6O3/c1-17-5-6-18(24(33)27-8-9-32-10-12-34-13-11-32)14-21(17)35-25-20-16-28-31(2)23(20)29-22(30-25)19-4-3-7-26-15-19;1-16-6-7-17(24(32)31-11-9-29(2)10-12-31)13-20(16)33-23-19-15-26-30(3)22(19)27-21(28-23)18-5-4-8-25-14-18;1-15-5-6-16(23(30)29-8-10-31-11-9-29)12-19(15)32-22-18-14-25-28(2)21(18)26-20(27-22)17-4-3-7-24-13-17;1-13-5-6-14(20(29)23-8-9-28)10-17(13)30-21-16-12-24-27(2)19(16)25-18(26-21)15-4-3-7-22-11-15/h3-7,14-16H,8-13H2,1-2H3,(H,27,33);4-8,13-15H,9-12H2,1-3H3;3-7,12-14H,8-11H2,1-2H3;3-7,10-12,28H,8-9H2,1-2H3,(H,23,29). The van der Waals surface area contributed by atoms with E-state index in [-0.39, 0.29) is 36.8 Å². The molecule has 0 bridgehead atoms. The molecule has 19 rings (SSSR count). The lowest BCUT2D eigenvalue weighted by Gasteiger charge is -2.32. The van der Waals surface area contributed by atoms with Crippen LogP contribution in [0.25, 0.3) is 89.7 Å². The fraction of sp³-hybridized carbons (Fsp3) is 0.269. The van der Waals surface area contributed by atoms with E-state index < -0.39 is 0 Å². The largest absolute Gasteiger partial charge is 0.438 e. The number of rotatable bonds is 21. The van der Waals surface area contributed by atoms with Gasteiger partial charge in [0.15, 0.2) is 45.9 Å². The first-order chi connectivity index (χ1) is 63.2. The molecule has 0 aliphatic carbocycles. The first-order valence-electron chi connectivity index (χ1n) is 42.1. The van der Waals surface area contributed by atoms with Crippen LogP contribution in [-0.4, -0.2) is 259 Å². The molecule has 3 aliphatic rings. The van der Waals surface area contributed by atoms with Crippen LogP contribution in [0.2, 0.25) is 0 Å². The van der Waals surface area contributed by atoms with Gasteiger partial charge in [-0.25, -0.2) is 19.9 Å².